The van der Waals surface area contributed by atoms with Gasteiger partial charge >= 0.3 is 0 Å². The van der Waals surface area contributed by atoms with Gasteiger partial charge in [0.2, 0.25) is 0 Å². The average Bonchev–Trinajstić information content (AvgIpc) is 2.73. The van der Waals surface area contributed by atoms with Crippen molar-refractivity contribution >= 4 is 0 Å². The van der Waals surface area contributed by atoms with Crippen LogP contribution in [0.2, 0.25) is 0 Å². The van der Waals surface area contributed by atoms with Gasteiger partial charge < -0.3 is 18.9 Å². The van der Waals surface area contributed by atoms with Crippen LogP contribution in [-0.2, 0) is 30.5 Å². The minimum atomic E-state index is -1.18. The van der Waals surface area contributed by atoms with Crippen molar-refractivity contribution in [2.75, 3.05) is 14.2 Å². The van der Waals surface area contributed by atoms with Gasteiger partial charge in [-0.05, 0) is 12.8 Å². The molecule has 1 saturated carbocycles. The Morgan fingerprint density at radius 3 is 1.42 bits per heavy atom. The average molecular weight is 354 g/mol. The van der Waals surface area contributed by atoms with Crippen molar-refractivity contribution in [2.24, 2.45) is 0 Å². The zero-order valence-corrected chi connectivity index (χ0v) is 15.4. The van der Waals surface area contributed by atoms with Crippen molar-refractivity contribution in [1.82, 2.24) is 0 Å². The molecule has 4 heteroatoms. The molecule has 0 spiro atoms. The maximum atomic E-state index is 6.70. The summed E-state index contributed by atoms with van der Waals surface area (Å²) in [5.41, 5.74) is 1.77. The highest BCUT2D eigenvalue weighted by Crippen LogP contribution is 2.54. The van der Waals surface area contributed by atoms with Crippen LogP contribution in [0.1, 0.15) is 36.8 Å². The molecule has 1 heterocycles. The second-order valence-electron chi connectivity index (χ2n) is 6.97. The maximum absolute atomic E-state index is 6.70. The van der Waals surface area contributed by atoms with E-state index in [0.717, 1.165) is 36.8 Å². The fraction of sp³-hybridized carbons (Fsp3) is 0.455. The van der Waals surface area contributed by atoms with Gasteiger partial charge in [0.1, 0.15) is 0 Å². The SMILES string of the molecule is CO[C@]1(c2ccccc2)O[C@H]2CCCC[C@@H]2O[C@]1(OC)c1ccccc1. The van der Waals surface area contributed by atoms with Crippen LogP contribution in [0, 0.1) is 0 Å². The predicted molar refractivity (Wildman–Crippen MR) is 98.5 cm³/mol. The van der Waals surface area contributed by atoms with Crippen LogP contribution < -0.4 is 0 Å². The molecule has 0 aromatic heterocycles. The first-order valence-electron chi connectivity index (χ1n) is 9.33. The normalized spacial score (nSPS) is 34.2. The quantitative estimate of drug-likeness (QED) is 0.818. The molecule has 1 aliphatic heterocycles. The molecular formula is C22H26O4. The molecule has 138 valence electrons. The smallest absolute Gasteiger partial charge is 0.256 e. The molecule has 2 aromatic rings. The first kappa shape index (κ1) is 17.7. The zero-order valence-electron chi connectivity index (χ0n) is 15.4. The van der Waals surface area contributed by atoms with Gasteiger partial charge in [-0.2, -0.15) is 0 Å². The number of ether oxygens (including phenoxy) is 4. The number of fused-ring (bicyclic) bond motifs is 1. The van der Waals surface area contributed by atoms with Gasteiger partial charge in [-0.15, -0.1) is 0 Å². The molecule has 4 atom stereocenters. The van der Waals surface area contributed by atoms with Crippen LogP contribution in [-0.4, -0.2) is 26.4 Å². The third-order valence-electron chi connectivity index (χ3n) is 5.59. The third-order valence-corrected chi connectivity index (χ3v) is 5.59. The van der Waals surface area contributed by atoms with E-state index in [1.54, 1.807) is 14.2 Å². The Kier molecular flexibility index (Phi) is 4.84. The number of benzene rings is 2. The summed E-state index contributed by atoms with van der Waals surface area (Å²) in [6, 6.07) is 19.9. The summed E-state index contributed by atoms with van der Waals surface area (Å²) in [7, 11) is 3.33. The summed E-state index contributed by atoms with van der Waals surface area (Å²) < 4.78 is 25.6. The number of rotatable bonds is 4. The van der Waals surface area contributed by atoms with Crippen LogP contribution in [0.25, 0.3) is 0 Å². The highest BCUT2D eigenvalue weighted by Gasteiger charge is 2.64. The van der Waals surface area contributed by atoms with E-state index in [0.29, 0.717) is 0 Å². The molecule has 0 radical (unpaired) electrons. The molecule has 2 fully saturated rings. The van der Waals surface area contributed by atoms with Crippen LogP contribution in [0.4, 0.5) is 0 Å². The van der Waals surface area contributed by atoms with E-state index in [-0.39, 0.29) is 12.2 Å². The van der Waals surface area contributed by atoms with Crippen molar-refractivity contribution in [3.05, 3.63) is 71.8 Å². The molecular weight excluding hydrogens is 328 g/mol. The molecule has 0 N–H and O–H groups in total. The van der Waals surface area contributed by atoms with Gasteiger partial charge in [0.15, 0.2) is 0 Å². The van der Waals surface area contributed by atoms with E-state index in [2.05, 4.69) is 0 Å². The van der Waals surface area contributed by atoms with Crippen LogP contribution >= 0.6 is 0 Å². The largest absolute Gasteiger partial charge is 0.345 e. The molecule has 1 aliphatic carbocycles. The van der Waals surface area contributed by atoms with Gasteiger partial charge in [-0.3, -0.25) is 0 Å². The van der Waals surface area contributed by atoms with Crippen LogP contribution in [0.5, 0.6) is 0 Å². The number of hydrogen-bond acceptors (Lipinski definition) is 4. The van der Waals surface area contributed by atoms with E-state index < -0.39 is 11.6 Å². The second kappa shape index (κ2) is 7.12. The molecule has 4 nitrogen and oxygen atoms in total. The zero-order chi connectivity index (χ0) is 18.0. The lowest BCUT2D eigenvalue weighted by molar-refractivity contribution is -0.480. The van der Waals surface area contributed by atoms with Crippen molar-refractivity contribution in [3.8, 4) is 0 Å². The Labute approximate surface area is 155 Å². The summed E-state index contributed by atoms with van der Waals surface area (Å²) >= 11 is 0. The summed E-state index contributed by atoms with van der Waals surface area (Å²) in [6.45, 7) is 0. The standard InChI is InChI=1S/C22H26O4/c1-23-21(17-11-5-3-6-12-17)22(24-2,18-13-7-4-8-14-18)26-20-16-10-9-15-19(20)25-21/h3-8,11-14,19-20H,9-10,15-16H2,1-2H3/t19-,20-,21+,22+/m0/s1. The summed E-state index contributed by atoms with van der Waals surface area (Å²) in [6.07, 6.45) is 4.22. The molecule has 0 unspecified atom stereocenters. The Balaban J connectivity index is 1.91. The highest BCUT2D eigenvalue weighted by atomic mass is 16.8. The molecule has 4 rings (SSSR count). The Morgan fingerprint density at radius 2 is 1.08 bits per heavy atom. The first-order chi connectivity index (χ1) is 12.8. The van der Waals surface area contributed by atoms with Crippen LogP contribution in [0.3, 0.4) is 0 Å². The lowest BCUT2D eigenvalue weighted by Gasteiger charge is -2.56. The monoisotopic (exact) mass is 354 g/mol. The van der Waals surface area contributed by atoms with E-state index >= 15 is 0 Å². The second-order valence-corrected chi connectivity index (χ2v) is 6.97. The Morgan fingerprint density at radius 1 is 0.692 bits per heavy atom. The fourth-order valence-electron chi connectivity index (χ4n) is 4.35. The van der Waals surface area contributed by atoms with Crippen molar-refractivity contribution in [3.63, 3.8) is 0 Å². The Bertz CT molecular complexity index is 656. The van der Waals surface area contributed by atoms with Crippen molar-refractivity contribution < 1.29 is 18.9 Å². The van der Waals surface area contributed by atoms with Gasteiger partial charge in [0.05, 0.1) is 12.2 Å². The summed E-state index contributed by atoms with van der Waals surface area (Å²) in [4.78, 5) is 0. The molecule has 1 saturated heterocycles. The van der Waals surface area contributed by atoms with E-state index in [1.165, 1.54) is 0 Å². The van der Waals surface area contributed by atoms with E-state index in [1.807, 2.05) is 60.7 Å². The summed E-state index contributed by atoms with van der Waals surface area (Å²) in [5, 5.41) is 0. The highest BCUT2D eigenvalue weighted by molar-refractivity contribution is 5.32. The third kappa shape index (κ3) is 2.60. The lowest BCUT2D eigenvalue weighted by atomic mass is 9.85. The van der Waals surface area contributed by atoms with E-state index in [4.69, 9.17) is 18.9 Å². The predicted octanol–water partition coefficient (Wildman–Crippen LogP) is 4.34. The molecule has 2 aliphatic rings. The van der Waals surface area contributed by atoms with E-state index in [9.17, 15) is 0 Å². The van der Waals surface area contributed by atoms with Gasteiger partial charge in [-0.25, -0.2) is 0 Å². The van der Waals surface area contributed by atoms with Gasteiger partial charge in [0, 0.05) is 25.3 Å². The molecule has 26 heavy (non-hydrogen) atoms. The lowest BCUT2D eigenvalue weighted by Crippen LogP contribution is -2.64. The van der Waals surface area contributed by atoms with Crippen molar-refractivity contribution in [1.29, 1.82) is 0 Å². The van der Waals surface area contributed by atoms with Crippen molar-refractivity contribution in [2.45, 2.75) is 49.5 Å². The summed E-state index contributed by atoms with van der Waals surface area (Å²) in [5.74, 6) is -2.36. The first-order valence-corrected chi connectivity index (χ1v) is 9.33. The Hall–Kier alpha value is -1.72. The minimum Gasteiger partial charge on any atom is -0.345 e. The van der Waals surface area contributed by atoms with Gasteiger partial charge in [0.25, 0.3) is 11.6 Å². The number of methoxy groups -OCH3 is 2. The van der Waals surface area contributed by atoms with Gasteiger partial charge in [-0.1, -0.05) is 73.5 Å². The molecule has 2 aromatic carbocycles. The maximum Gasteiger partial charge on any atom is 0.256 e. The molecule has 0 bridgehead atoms. The minimum absolute atomic E-state index is 0.00380. The molecule has 0 amide bonds. The fourth-order valence-corrected chi connectivity index (χ4v) is 4.35. The topological polar surface area (TPSA) is 36.9 Å². The van der Waals surface area contributed by atoms with Crippen LogP contribution in [0.15, 0.2) is 60.7 Å². The number of hydrogen-bond donors (Lipinski definition) is 0.